The second-order valence-electron chi connectivity index (χ2n) is 2.52. The second-order valence-corrected chi connectivity index (χ2v) is 2.52. The van der Waals surface area contributed by atoms with E-state index in [2.05, 4.69) is 5.32 Å². The van der Waals surface area contributed by atoms with Crippen molar-refractivity contribution in [1.29, 1.82) is 0 Å². The molecule has 10 heavy (non-hydrogen) atoms. The highest BCUT2D eigenvalue weighted by molar-refractivity contribution is 5.76. The molecule has 0 radical (unpaired) electrons. The van der Waals surface area contributed by atoms with Gasteiger partial charge in [-0.2, -0.15) is 0 Å². The smallest absolute Gasteiger partial charge is 0.317 e. The van der Waals surface area contributed by atoms with Gasteiger partial charge in [0.25, 0.3) is 0 Å². The van der Waals surface area contributed by atoms with Gasteiger partial charge in [-0.25, -0.2) is 4.79 Å². The maximum Gasteiger partial charge on any atom is 0.317 e. The lowest BCUT2D eigenvalue weighted by atomic mass is 10.3. The van der Waals surface area contributed by atoms with E-state index >= 15 is 0 Å². The van der Waals surface area contributed by atoms with Crippen molar-refractivity contribution in [2.24, 2.45) is 5.73 Å². The largest absolute Gasteiger partial charge is 0.336 e. The van der Waals surface area contributed by atoms with Crippen LogP contribution in [0.15, 0.2) is 0 Å². The molecule has 0 aromatic heterocycles. The minimum absolute atomic E-state index is 0.0120. The summed E-state index contributed by atoms with van der Waals surface area (Å²) in [5.74, 6) is 0. The molecule has 3 N–H and O–H groups in total. The Morgan fingerprint density at radius 2 is 2.60 bits per heavy atom. The van der Waals surface area contributed by atoms with Crippen LogP contribution in [0.25, 0.3) is 0 Å². The molecule has 4 heteroatoms. The highest BCUT2D eigenvalue weighted by atomic mass is 16.2. The number of nitrogens with zero attached hydrogens (tertiary/aromatic N) is 1. The lowest BCUT2D eigenvalue weighted by Crippen LogP contribution is -2.36. The fourth-order valence-electron chi connectivity index (χ4n) is 1.11. The number of amides is 2. The summed E-state index contributed by atoms with van der Waals surface area (Å²) in [4.78, 5) is 12.7. The van der Waals surface area contributed by atoms with Crippen molar-refractivity contribution in [3.8, 4) is 0 Å². The monoisotopic (exact) mass is 143 g/mol. The van der Waals surface area contributed by atoms with Gasteiger partial charge in [0.15, 0.2) is 0 Å². The van der Waals surface area contributed by atoms with E-state index in [1.807, 2.05) is 6.92 Å². The Labute approximate surface area is 60.4 Å². The van der Waals surface area contributed by atoms with Gasteiger partial charge in [-0.15, -0.1) is 0 Å². The molecule has 1 rings (SSSR count). The molecular formula is C6H13N3O. The predicted octanol–water partition coefficient (Wildman–Crippen LogP) is -0.641. The highest BCUT2D eigenvalue weighted by Gasteiger charge is 2.25. The first-order chi connectivity index (χ1) is 4.75. The molecule has 1 fully saturated rings. The van der Waals surface area contributed by atoms with E-state index in [1.165, 1.54) is 0 Å². The number of carbonyl (C=O) groups excluding carboxylic acids is 1. The molecule has 0 aliphatic carbocycles. The number of carbonyl (C=O) groups is 1. The normalized spacial score (nSPS) is 25.2. The number of urea groups is 1. The van der Waals surface area contributed by atoms with Crippen molar-refractivity contribution in [2.75, 3.05) is 19.6 Å². The van der Waals surface area contributed by atoms with Crippen LogP contribution in [0.4, 0.5) is 4.79 Å². The van der Waals surface area contributed by atoms with Crippen LogP contribution < -0.4 is 11.1 Å². The van der Waals surface area contributed by atoms with Gasteiger partial charge in [-0.3, -0.25) is 0 Å². The van der Waals surface area contributed by atoms with E-state index < -0.39 is 0 Å². The topological polar surface area (TPSA) is 58.4 Å². The zero-order valence-electron chi connectivity index (χ0n) is 6.13. The van der Waals surface area contributed by atoms with Gasteiger partial charge in [0.2, 0.25) is 0 Å². The van der Waals surface area contributed by atoms with Crippen LogP contribution in [0.1, 0.15) is 6.92 Å². The number of nitrogens with two attached hydrogens (primary N) is 1. The van der Waals surface area contributed by atoms with E-state index in [4.69, 9.17) is 5.73 Å². The van der Waals surface area contributed by atoms with Crippen molar-refractivity contribution in [3.05, 3.63) is 0 Å². The Bertz CT molecular complexity index is 137. The summed E-state index contributed by atoms with van der Waals surface area (Å²) < 4.78 is 0. The van der Waals surface area contributed by atoms with Gasteiger partial charge in [0.05, 0.1) is 0 Å². The first-order valence-electron chi connectivity index (χ1n) is 3.50. The molecule has 0 bridgehead atoms. The molecular weight excluding hydrogens is 130 g/mol. The molecule has 58 valence electrons. The van der Waals surface area contributed by atoms with Crippen molar-refractivity contribution in [1.82, 2.24) is 10.2 Å². The van der Waals surface area contributed by atoms with Crippen LogP contribution in [-0.4, -0.2) is 36.6 Å². The average Bonchev–Trinajstić information content (AvgIpc) is 2.20. The Hall–Kier alpha value is -0.770. The Morgan fingerprint density at radius 3 is 3.00 bits per heavy atom. The van der Waals surface area contributed by atoms with E-state index in [9.17, 15) is 4.79 Å². The van der Waals surface area contributed by atoms with Crippen LogP contribution in [0.5, 0.6) is 0 Å². The Balaban J connectivity index is 2.46. The van der Waals surface area contributed by atoms with Gasteiger partial charge in [-0.05, 0) is 6.92 Å². The number of nitrogens with one attached hydrogen (secondary N) is 1. The van der Waals surface area contributed by atoms with Crippen molar-refractivity contribution >= 4 is 6.03 Å². The van der Waals surface area contributed by atoms with Crippen LogP contribution in [0.2, 0.25) is 0 Å². The summed E-state index contributed by atoms with van der Waals surface area (Å²) in [6, 6.07) is 0.314. The summed E-state index contributed by atoms with van der Waals surface area (Å²) in [6.07, 6.45) is 0. The van der Waals surface area contributed by atoms with Crippen molar-refractivity contribution in [3.63, 3.8) is 0 Å². The molecule has 0 saturated carbocycles. The van der Waals surface area contributed by atoms with Crippen LogP contribution in [0, 0.1) is 0 Å². The third-order valence-corrected chi connectivity index (χ3v) is 1.71. The zero-order valence-corrected chi connectivity index (χ0v) is 6.13. The molecule has 4 nitrogen and oxygen atoms in total. The molecule has 1 aliphatic heterocycles. The number of hydrogen-bond acceptors (Lipinski definition) is 2. The predicted molar refractivity (Wildman–Crippen MR) is 38.6 cm³/mol. The maximum absolute atomic E-state index is 10.9. The summed E-state index contributed by atoms with van der Waals surface area (Å²) in [6.45, 7) is 3.96. The summed E-state index contributed by atoms with van der Waals surface area (Å²) in [5, 5.41) is 2.74. The van der Waals surface area contributed by atoms with Crippen molar-refractivity contribution < 1.29 is 4.79 Å². The Kier molecular flexibility index (Phi) is 2.11. The lowest BCUT2D eigenvalue weighted by Gasteiger charge is -2.17. The number of rotatable bonds is 2. The minimum Gasteiger partial charge on any atom is -0.336 e. The van der Waals surface area contributed by atoms with Gasteiger partial charge in [-0.1, -0.05) is 0 Å². The first-order valence-corrected chi connectivity index (χ1v) is 3.50. The Morgan fingerprint density at radius 1 is 1.90 bits per heavy atom. The molecule has 1 aliphatic rings. The van der Waals surface area contributed by atoms with Gasteiger partial charge >= 0.3 is 6.03 Å². The third kappa shape index (κ3) is 1.21. The van der Waals surface area contributed by atoms with Crippen LogP contribution in [0.3, 0.4) is 0 Å². The lowest BCUT2D eigenvalue weighted by molar-refractivity contribution is 0.208. The van der Waals surface area contributed by atoms with E-state index in [0.29, 0.717) is 19.1 Å². The van der Waals surface area contributed by atoms with E-state index in [0.717, 1.165) is 6.54 Å². The maximum atomic E-state index is 10.9. The second kappa shape index (κ2) is 2.88. The molecule has 1 unspecified atom stereocenters. The summed E-state index contributed by atoms with van der Waals surface area (Å²) in [7, 11) is 0. The number of hydrogen-bond donors (Lipinski definition) is 2. The van der Waals surface area contributed by atoms with E-state index in [1.54, 1.807) is 4.90 Å². The SMILES string of the molecule is CC1CNC(=O)N1CCN. The van der Waals surface area contributed by atoms with Gasteiger partial charge in [0.1, 0.15) is 0 Å². The zero-order chi connectivity index (χ0) is 7.56. The minimum atomic E-state index is 0.0120. The standard InChI is InChI=1S/C6H13N3O/c1-5-4-8-6(10)9(5)3-2-7/h5H,2-4,7H2,1H3,(H,8,10). The third-order valence-electron chi connectivity index (χ3n) is 1.71. The molecule has 0 aromatic carbocycles. The molecule has 2 amide bonds. The fraction of sp³-hybridized carbons (Fsp3) is 0.833. The molecule has 0 spiro atoms. The summed E-state index contributed by atoms with van der Waals surface area (Å²) in [5.41, 5.74) is 5.31. The quantitative estimate of drug-likeness (QED) is 0.540. The molecule has 1 heterocycles. The molecule has 0 aromatic rings. The summed E-state index contributed by atoms with van der Waals surface area (Å²) >= 11 is 0. The van der Waals surface area contributed by atoms with Crippen LogP contribution >= 0.6 is 0 Å². The highest BCUT2D eigenvalue weighted by Crippen LogP contribution is 2.03. The van der Waals surface area contributed by atoms with Crippen LogP contribution in [-0.2, 0) is 0 Å². The van der Waals surface area contributed by atoms with Gasteiger partial charge in [0, 0.05) is 25.7 Å². The molecule has 1 saturated heterocycles. The molecule has 1 atom stereocenters. The van der Waals surface area contributed by atoms with E-state index in [-0.39, 0.29) is 6.03 Å². The average molecular weight is 143 g/mol. The van der Waals surface area contributed by atoms with Crippen molar-refractivity contribution in [2.45, 2.75) is 13.0 Å². The van der Waals surface area contributed by atoms with Gasteiger partial charge < -0.3 is 16.0 Å². The fourth-order valence-corrected chi connectivity index (χ4v) is 1.11. The first kappa shape index (κ1) is 7.34.